The summed E-state index contributed by atoms with van der Waals surface area (Å²) in [5.41, 5.74) is 1.23. The van der Waals surface area contributed by atoms with Crippen LogP contribution in [0.5, 0.6) is 0 Å². The summed E-state index contributed by atoms with van der Waals surface area (Å²) >= 11 is 5.63. The van der Waals surface area contributed by atoms with Crippen LogP contribution in [0.2, 0.25) is 5.15 Å². The van der Waals surface area contributed by atoms with Gasteiger partial charge in [0, 0.05) is 31.9 Å². The maximum Gasteiger partial charge on any atom is 0.274 e. The van der Waals surface area contributed by atoms with Crippen molar-refractivity contribution in [3.05, 3.63) is 53.1 Å². The fraction of sp³-hybridized carbons (Fsp3) is 0.231. The molecule has 6 heteroatoms. The van der Waals surface area contributed by atoms with Crippen LogP contribution in [0, 0.1) is 0 Å². The molecule has 1 amide bonds. The zero-order chi connectivity index (χ0) is 13.7. The first-order valence-electron chi connectivity index (χ1n) is 5.81. The predicted molar refractivity (Wildman–Crippen MR) is 71.9 cm³/mol. The van der Waals surface area contributed by atoms with Crippen LogP contribution in [-0.2, 0) is 6.42 Å². The molecular formula is C13H13ClN4O. The Hall–Kier alpha value is -2.01. The molecule has 0 aliphatic carbocycles. The second-order valence-corrected chi connectivity index (χ2v) is 4.43. The van der Waals surface area contributed by atoms with Crippen LogP contribution in [0.3, 0.4) is 0 Å². The maximum absolute atomic E-state index is 12.0. The average Bonchev–Trinajstić information content (AvgIpc) is 2.46. The molecule has 0 aliphatic heterocycles. The van der Waals surface area contributed by atoms with E-state index in [2.05, 4.69) is 15.2 Å². The Kier molecular flexibility index (Phi) is 4.41. The molecule has 2 heterocycles. The first-order valence-corrected chi connectivity index (χ1v) is 6.19. The second kappa shape index (κ2) is 6.24. The zero-order valence-electron chi connectivity index (χ0n) is 10.5. The summed E-state index contributed by atoms with van der Waals surface area (Å²) in [6.45, 7) is 0.570. The van der Waals surface area contributed by atoms with E-state index in [-0.39, 0.29) is 16.8 Å². The van der Waals surface area contributed by atoms with Gasteiger partial charge in [0.2, 0.25) is 0 Å². The molecule has 0 radical (unpaired) electrons. The molecule has 2 aromatic heterocycles. The Labute approximate surface area is 116 Å². The van der Waals surface area contributed by atoms with E-state index >= 15 is 0 Å². The lowest BCUT2D eigenvalue weighted by Crippen LogP contribution is -2.29. The summed E-state index contributed by atoms with van der Waals surface area (Å²) in [6.07, 6.45) is 2.44. The Morgan fingerprint density at radius 3 is 2.74 bits per heavy atom. The van der Waals surface area contributed by atoms with Crippen LogP contribution in [0.4, 0.5) is 0 Å². The number of carbonyl (C=O) groups is 1. The highest BCUT2D eigenvalue weighted by Gasteiger charge is 2.13. The van der Waals surface area contributed by atoms with Crippen molar-refractivity contribution >= 4 is 17.5 Å². The summed E-state index contributed by atoms with van der Waals surface area (Å²) in [7, 11) is 1.72. The van der Waals surface area contributed by atoms with Crippen LogP contribution < -0.4 is 0 Å². The first-order chi connectivity index (χ1) is 9.16. The summed E-state index contributed by atoms with van der Waals surface area (Å²) in [4.78, 5) is 17.8. The van der Waals surface area contributed by atoms with Crippen LogP contribution in [-0.4, -0.2) is 39.6 Å². The van der Waals surface area contributed by atoms with E-state index in [0.29, 0.717) is 13.0 Å². The lowest BCUT2D eigenvalue weighted by atomic mass is 10.2. The van der Waals surface area contributed by atoms with E-state index in [1.807, 2.05) is 18.2 Å². The average molecular weight is 277 g/mol. The first kappa shape index (κ1) is 13.4. The Bertz CT molecular complexity index is 544. The summed E-state index contributed by atoms with van der Waals surface area (Å²) in [5, 5.41) is 7.69. The van der Waals surface area contributed by atoms with Crippen LogP contribution in [0.1, 0.15) is 16.2 Å². The summed E-state index contributed by atoms with van der Waals surface area (Å²) < 4.78 is 0. The number of halogens is 1. The van der Waals surface area contributed by atoms with Crippen molar-refractivity contribution in [2.75, 3.05) is 13.6 Å². The van der Waals surface area contributed by atoms with Crippen LogP contribution in [0.25, 0.3) is 0 Å². The van der Waals surface area contributed by atoms with Gasteiger partial charge in [-0.25, -0.2) is 0 Å². The van der Waals surface area contributed by atoms with Gasteiger partial charge in [0.15, 0.2) is 10.8 Å². The van der Waals surface area contributed by atoms with E-state index in [0.717, 1.165) is 5.69 Å². The summed E-state index contributed by atoms with van der Waals surface area (Å²) in [6, 6.07) is 8.83. The van der Waals surface area contributed by atoms with Gasteiger partial charge in [0.05, 0.1) is 0 Å². The van der Waals surface area contributed by atoms with Gasteiger partial charge < -0.3 is 4.90 Å². The predicted octanol–water partition coefficient (Wildman–Crippen LogP) is 1.84. The number of aromatic nitrogens is 3. The molecule has 98 valence electrons. The van der Waals surface area contributed by atoms with E-state index in [1.54, 1.807) is 30.3 Å². The van der Waals surface area contributed by atoms with E-state index < -0.39 is 0 Å². The lowest BCUT2D eigenvalue weighted by Gasteiger charge is -2.15. The molecule has 0 saturated carbocycles. The molecule has 0 aliphatic rings. The minimum atomic E-state index is -0.180. The Morgan fingerprint density at radius 2 is 2.11 bits per heavy atom. The molecule has 5 nitrogen and oxygen atoms in total. The maximum atomic E-state index is 12.0. The fourth-order valence-electron chi connectivity index (χ4n) is 1.56. The largest absolute Gasteiger partial charge is 0.340 e. The van der Waals surface area contributed by atoms with E-state index in [1.165, 1.54) is 0 Å². The van der Waals surface area contributed by atoms with Crippen molar-refractivity contribution < 1.29 is 4.79 Å². The number of likely N-dealkylation sites (N-methyl/N-ethyl adjacent to an activating group) is 1. The molecule has 0 fully saturated rings. The van der Waals surface area contributed by atoms with Crippen molar-refractivity contribution in [3.8, 4) is 0 Å². The van der Waals surface area contributed by atoms with Crippen molar-refractivity contribution in [2.45, 2.75) is 6.42 Å². The van der Waals surface area contributed by atoms with E-state index in [9.17, 15) is 4.79 Å². The molecule has 0 N–H and O–H groups in total. The molecule has 0 bridgehead atoms. The molecule has 2 rings (SSSR count). The van der Waals surface area contributed by atoms with Gasteiger partial charge in [-0.3, -0.25) is 9.78 Å². The molecule has 2 aromatic rings. The van der Waals surface area contributed by atoms with Gasteiger partial charge >= 0.3 is 0 Å². The number of carbonyl (C=O) groups excluding carboxylic acids is 1. The third-order valence-electron chi connectivity index (χ3n) is 2.63. The van der Waals surface area contributed by atoms with Gasteiger partial charge in [0.1, 0.15) is 0 Å². The molecule has 0 atom stereocenters. The number of hydrogen-bond donors (Lipinski definition) is 0. The van der Waals surface area contributed by atoms with E-state index in [4.69, 9.17) is 11.6 Å². The van der Waals surface area contributed by atoms with Gasteiger partial charge in [-0.15, -0.1) is 10.2 Å². The number of rotatable bonds is 4. The van der Waals surface area contributed by atoms with Gasteiger partial charge in [-0.2, -0.15) is 0 Å². The quantitative estimate of drug-likeness (QED) is 0.855. The standard InChI is InChI=1S/C13H13ClN4O/c1-18(9-7-10-4-2-3-8-15-10)13(19)11-5-6-12(14)17-16-11/h2-6,8H,7,9H2,1H3. The minimum absolute atomic E-state index is 0.180. The molecule has 0 saturated heterocycles. The Morgan fingerprint density at radius 1 is 1.26 bits per heavy atom. The number of amides is 1. The van der Waals surface area contributed by atoms with Crippen molar-refractivity contribution in [1.82, 2.24) is 20.1 Å². The highest BCUT2D eigenvalue weighted by Crippen LogP contribution is 2.05. The fourth-order valence-corrected chi connectivity index (χ4v) is 1.66. The third-order valence-corrected chi connectivity index (χ3v) is 2.83. The lowest BCUT2D eigenvalue weighted by molar-refractivity contribution is 0.0789. The molecule has 0 spiro atoms. The highest BCUT2D eigenvalue weighted by molar-refractivity contribution is 6.29. The monoisotopic (exact) mass is 276 g/mol. The smallest absolute Gasteiger partial charge is 0.274 e. The topological polar surface area (TPSA) is 59.0 Å². The van der Waals surface area contributed by atoms with Gasteiger partial charge in [-0.1, -0.05) is 17.7 Å². The molecule has 0 unspecified atom stereocenters. The SMILES string of the molecule is CN(CCc1ccccn1)C(=O)c1ccc(Cl)nn1. The van der Waals surface area contributed by atoms with Crippen molar-refractivity contribution in [3.63, 3.8) is 0 Å². The van der Waals surface area contributed by atoms with Gasteiger partial charge in [-0.05, 0) is 24.3 Å². The number of hydrogen-bond acceptors (Lipinski definition) is 4. The van der Waals surface area contributed by atoms with Crippen molar-refractivity contribution in [2.24, 2.45) is 0 Å². The number of pyridine rings is 1. The van der Waals surface area contributed by atoms with Crippen LogP contribution in [0.15, 0.2) is 36.5 Å². The second-order valence-electron chi connectivity index (χ2n) is 4.04. The molecular weight excluding hydrogens is 264 g/mol. The van der Waals surface area contributed by atoms with Gasteiger partial charge in [0.25, 0.3) is 5.91 Å². The third kappa shape index (κ3) is 3.72. The highest BCUT2D eigenvalue weighted by atomic mass is 35.5. The Balaban J connectivity index is 1.94. The molecule has 19 heavy (non-hydrogen) atoms. The summed E-state index contributed by atoms with van der Waals surface area (Å²) in [5.74, 6) is -0.180. The molecule has 0 aromatic carbocycles. The zero-order valence-corrected chi connectivity index (χ0v) is 11.2. The van der Waals surface area contributed by atoms with Crippen molar-refractivity contribution in [1.29, 1.82) is 0 Å². The van der Waals surface area contributed by atoms with Crippen LogP contribution >= 0.6 is 11.6 Å². The number of nitrogens with zero attached hydrogens (tertiary/aromatic N) is 4. The minimum Gasteiger partial charge on any atom is -0.340 e. The normalized spacial score (nSPS) is 10.2.